The highest BCUT2D eigenvalue weighted by Crippen LogP contribution is 2.42. The second-order valence-electron chi connectivity index (χ2n) is 14.3. The van der Waals surface area contributed by atoms with Crippen molar-refractivity contribution in [2.75, 3.05) is 4.90 Å². The van der Waals surface area contributed by atoms with Gasteiger partial charge in [-0.05, 0) is 105 Å². The summed E-state index contributed by atoms with van der Waals surface area (Å²) >= 11 is 0. The summed E-state index contributed by atoms with van der Waals surface area (Å²) in [4.78, 5) is 34.6. The molecule has 0 N–H and O–H groups in total. The molecule has 0 atom stereocenters. The molecule has 0 unspecified atom stereocenters. The van der Waals surface area contributed by atoms with Crippen LogP contribution in [0, 0.1) is 17.9 Å². The number of hydrogen-bond donors (Lipinski definition) is 0. The third-order valence-corrected chi connectivity index (χ3v) is 10.9. The molecule has 8 aromatic carbocycles. The lowest BCUT2D eigenvalue weighted by Crippen LogP contribution is -2.29. The molecule has 0 aliphatic carbocycles. The Kier molecular flexibility index (Phi) is 8.11. The minimum absolute atomic E-state index is 0.315. The van der Waals surface area contributed by atoms with Gasteiger partial charge in [0, 0.05) is 10.8 Å². The molecule has 2 heterocycles. The van der Waals surface area contributed by atoms with Gasteiger partial charge in [0.15, 0.2) is 5.69 Å². The van der Waals surface area contributed by atoms with Crippen molar-refractivity contribution >= 4 is 45.0 Å². The van der Waals surface area contributed by atoms with Gasteiger partial charge in [-0.25, -0.2) is 9.74 Å². The highest BCUT2D eigenvalue weighted by atomic mass is 16.2. The summed E-state index contributed by atoms with van der Waals surface area (Å²) in [6, 6.07) is 61.0. The zero-order valence-electron chi connectivity index (χ0n) is 30.9. The maximum absolute atomic E-state index is 15.0. The second-order valence-corrected chi connectivity index (χ2v) is 14.3. The molecule has 0 fully saturated rings. The molecule has 9 aromatic rings. The van der Waals surface area contributed by atoms with Crippen LogP contribution < -0.4 is 4.90 Å². The van der Waals surface area contributed by atoms with Crippen LogP contribution in [-0.4, -0.2) is 16.4 Å². The molecule has 0 saturated carbocycles. The minimum atomic E-state index is -0.409. The van der Waals surface area contributed by atoms with Crippen molar-refractivity contribution in [2.24, 2.45) is 0 Å². The number of imide groups is 1. The summed E-state index contributed by atoms with van der Waals surface area (Å²) in [6.45, 7) is 7.61. The predicted molar refractivity (Wildman–Crippen MR) is 231 cm³/mol. The monoisotopic (exact) mass is 742 g/mol. The lowest BCUT2D eigenvalue weighted by atomic mass is 9.97. The van der Waals surface area contributed by atoms with Crippen molar-refractivity contribution in [2.45, 2.75) is 0 Å². The van der Waals surface area contributed by atoms with Crippen LogP contribution in [0.15, 0.2) is 182 Å². The van der Waals surface area contributed by atoms with Crippen molar-refractivity contribution in [1.82, 2.24) is 4.57 Å². The molecule has 6 nitrogen and oxygen atoms in total. The Hall–Kier alpha value is -8.32. The number of amides is 2. The topological polar surface area (TPSA) is 70.5 Å². The number of hydrogen-bond acceptors (Lipinski definition) is 3. The van der Waals surface area contributed by atoms with E-state index in [-0.39, 0.29) is 0 Å². The molecular weight excluding hydrogens is 713 g/mol. The Morgan fingerprint density at radius 2 is 1.03 bits per heavy atom. The average Bonchev–Trinajstić information content (AvgIpc) is 3.75. The van der Waals surface area contributed by atoms with Gasteiger partial charge in [0.2, 0.25) is 0 Å². The van der Waals surface area contributed by atoms with E-state index in [2.05, 4.69) is 51.9 Å². The standard InChI is InChI=1S/C52H30N4O2/c1-54-42-18-9-17-37(27-42)39-22-24-45-44-23-21-38(36-16-8-11-33(25-36)32-53)30-48(44)56(49(45)31-39)47-20-10-19-46-50(47)52(58)55(51(46)57)43-28-40(34-12-4-2-5-13-34)26-41(29-43)35-14-6-3-7-15-35/h2-31H. The summed E-state index contributed by atoms with van der Waals surface area (Å²) in [5.41, 5.74) is 11.8. The fraction of sp³-hybridized carbons (Fsp3) is 0. The summed E-state index contributed by atoms with van der Waals surface area (Å²) in [5, 5.41) is 11.6. The highest BCUT2D eigenvalue weighted by molar-refractivity contribution is 6.36. The number of rotatable bonds is 6. The fourth-order valence-electron chi connectivity index (χ4n) is 8.18. The molecule has 0 radical (unpaired) electrons. The summed E-state index contributed by atoms with van der Waals surface area (Å²) in [5.74, 6) is -0.800. The van der Waals surface area contributed by atoms with Gasteiger partial charge in [0.05, 0.1) is 51.7 Å². The Labute approximate surface area is 334 Å². The zero-order valence-corrected chi connectivity index (χ0v) is 30.9. The van der Waals surface area contributed by atoms with Gasteiger partial charge >= 0.3 is 0 Å². The third kappa shape index (κ3) is 5.64. The van der Waals surface area contributed by atoms with Crippen molar-refractivity contribution < 1.29 is 9.59 Å². The molecule has 2 amide bonds. The predicted octanol–water partition coefficient (Wildman–Crippen LogP) is 12.7. The van der Waals surface area contributed by atoms with Crippen molar-refractivity contribution in [3.05, 3.63) is 210 Å². The normalized spacial score (nSPS) is 12.1. The SMILES string of the molecule is [C-]#[N+]c1cccc(-c2ccc3c4ccc(-c5cccc(C#N)c5)cc4n(-c4cccc5c4C(=O)N(c4cc(-c6ccccc6)cc(-c6ccccc6)c4)C5=O)c3c2)c1. The first-order chi connectivity index (χ1) is 28.5. The average molecular weight is 743 g/mol. The summed E-state index contributed by atoms with van der Waals surface area (Å²) in [6.07, 6.45) is 0. The van der Waals surface area contributed by atoms with Gasteiger partial charge in [-0.3, -0.25) is 9.59 Å². The van der Waals surface area contributed by atoms with Crippen LogP contribution in [0.3, 0.4) is 0 Å². The Morgan fingerprint density at radius 3 is 1.64 bits per heavy atom. The van der Waals surface area contributed by atoms with E-state index in [1.54, 1.807) is 18.2 Å². The number of carbonyl (C=O) groups is 2. The van der Waals surface area contributed by atoms with Gasteiger partial charge in [-0.2, -0.15) is 5.26 Å². The lowest BCUT2D eigenvalue weighted by Gasteiger charge is -2.18. The maximum atomic E-state index is 15.0. The maximum Gasteiger partial charge on any atom is 0.268 e. The Morgan fingerprint density at radius 1 is 0.483 bits per heavy atom. The van der Waals surface area contributed by atoms with Crippen molar-refractivity contribution in [3.63, 3.8) is 0 Å². The molecule has 6 heteroatoms. The van der Waals surface area contributed by atoms with Crippen LogP contribution in [-0.2, 0) is 0 Å². The quantitative estimate of drug-likeness (QED) is 0.126. The molecular formula is C52H30N4O2. The number of nitrogens with zero attached hydrogens (tertiary/aromatic N) is 4. The molecule has 0 bridgehead atoms. The summed E-state index contributed by atoms with van der Waals surface area (Å²) < 4.78 is 2.08. The van der Waals surface area contributed by atoms with Crippen LogP contribution in [0.4, 0.5) is 11.4 Å². The molecule has 1 aliphatic rings. The smallest absolute Gasteiger partial charge is 0.268 e. The number of nitriles is 1. The molecule has 0 spiro atoms. The largest absolute Gasteiger partial charge is 0.308 e. The molecule has 0 saturated heterocycles. The highest BCUT2D eigenvalue weighted by Gasteiger charge is 2.39. The van der Waals surface area contributed by atoms with E-state index < -0.39 is 11.8 Å². The lowest BCUT2D eigenvalue weighted by molar-refractivity contribution is 0.0926. The third-order valence-electron chi connectivity index (χ3n) is 10.9. The van der Waals surface area contributed by atoms with Crippen LogP contribution in [0.25, 0.3) is 76.8 Å². The van der Waals surface area contributed by atoms with E-state index in [0.29, 0.717) is 33.8 Å². The van der Waals surface area contributed by atoms with Crippen molar-refractivity contribution in [1.29, 1.82) is 5.26 Å². The van der Waals surface area contributed by atoms with Crippen LogP contribution in [0.1, 0.15) is 26.3 Å². The Balaban J connectivity index is 1.19. The summed E-state index contributed by atoms with van der Waals surface area (Å²) in [7, 11) is 0. The van der Waals surface area contributed by atoms with Gasteiger partial charge in [0.25, 0.3) is 11.8 Å². The molecule has 1 aliphatic heterocycles. The molecule has 58 heavy (non-hydrogen) atoms. The molecule has 10 rings (SSSR count). The molecule has 1 aromatic heterocycles. The van der Waals surface area contributed by atoms with E-state index in [9.17, 15) is 10.1 Å². The van der Waals surface area contributed by atoms with Crippen molar-refractivity contribution in [3.8, 4) is 56.3 Å². The van der Waals surface area contributed by atoms with Gasteiger partial charge in [-0.1, -0.05) is 121 Å². The first-order valence-electron chi connectivity index (χ1n) is 18.8. The fourth-order valence-corrected chi connectivity index (χ4v) is 8.18. The molecule has 270 valence electrons. The first-order valence-corrected chi connectivity index (χ1v) is 18.8. The first kappa shape index (κ1) is 34.2. The number of carbonyl (C=O) groups excluding carboxylic acids is 2. The van der Waals surface area contributed by atoms with Gasteiger partial charge in [-0.15, -0.1) is 0 Å². The number of anilines is 1. The van der Waals surface area contributed by atoms with E-state index in [1.165, 1.54) is 4.90 Å². The second kappa shape index (κ2) is 13.8. The Bertz CT molecular complexity index is 3070. The number of benzene rings is 8. The zero-order chi connectivity index (χ0) is 39.3. The van der Waals surface area contributed by atoms with E-state index >= 15 is 4.79 Å². The number of fused-ring (bicyclic) bond motifs is 4. The van der Waals surface area contributed by atoms with E-state index in [0.717, 1.165) is 66.3 Å². The van der Waals surface area contributed by atoms with Crippen LogP contribution >= 0.6 is 0 Å². The van der Waals surface area contributed by atoms with Gasteiger partial charge in [0.1, 0.15) is 0 Å². The van der Waals surface area contributed by atoms with Crippen LogP contribution in [0.2, 0.25) is 0 Å². The minimum Gasteiger partial charge on any atom is -0.308 e. The van der Waals surface area contributed by atoms with E-state index in [4.69, 9.17) is 6.57 Å². The number of aromatic nitrogens is 1. The van der Waals surface area contributed by atoms with Gasteiger partial charge < -0.3 is 4.57 Å². The van der Waals surface area contributed by atoms with E-state index in [1.807, 2.05) is 127 Å². The van der Waals surface area contributed by atoms with Crippen LogP contribution in [0.5, 0.6) is 0 Å².